The third-order valence-corrected chi connectivity index (χ3v) is 1.98. The van der Waals surface area contributed by atoms with Crippen molar-refractivity contribution in [3.63, 3.8) is 0 Å². The average molecular weight is 193 g/mol. The third kappa shape index (κ3) is 1.91. The van der Waals surface area contributed by atoms with E-state index >= 15 is 0 Å². The molecule has 1 aromatic heterocycles. The summed E-state index contributed by atoms with van der Waals surface area (Å²) in [5, 5.41) is -0.101. The Bertz CT molecular complexity index is 290. The SMILES string of the molecule is CCSc1nc(F)c(F)cc1F. The fourth-order valence-corrected chi connectivity index (χ4v) is 1.28. The van der Waals surface area contributed by atoms with E-state index in [9.17, 15) is 13.2 Å². The van der Waals surface area contributed by atoms with Crippen LogP contribution in [0.25, 0.3) is 0 Å². The van der Waals surface area contributed by atoms with Gasteiger partial charge in [-0.1, -0.05) is 6.92 Å². The molecule has 66 valence electrons. The Balaban J connectivity index is 3.05. The molecule has 12 heavy (non-hydrogen) atoms. The van der Waals surface area contributed by atoms with Gasteiger partial charge >= 0.3 is 0 Å². The summed E-state index contributed by atoms with van der Waals surface area (Å²) in [6.45, 7) is 1.77. The molecule has 0 N–H and O–H groups in total. The summed E-state index contributed by atoms with van der Waals surface area (Å²) in [6, 6.07) is 0.500. The van der Waals surface area contributed by atoms with Gasteiger partial charge in [-0.25, -0.2) is 13.8 Å². The Morgan fingerprint density at radius 3 is 2.58 bits per heavy atom. The summed E-state index contributed by atoms with van der Waals surface area (Å²) >= 11 is 1.03. The zero-order valence-electron chi connectivity index (χ0n) is 6.27. The molecule has 1 nitrogen and oxygen atoms in total. The number of rotatable bonds is 2. The highest BCUT2D eigenvalue weighted by atomic mass is 32.2. The predicted octanol–water partition coefficient (Wildman–Crippen LogP) is 2.61. The molecule has 1 aromatic rings. The fraction of sp³-hybridized carbons (Fsp3) is 0.286. The summed E-state index contributed by atoms with van der Waals surface area (Å²) < 4.78 is 37.5. The molecular weight excluding hydrogens is 187 g/mol. The van der Waals surface area contributed by atoms with E-state index in [1.54, 1.807) is 6.92 Å². The van der Waals surface area contributed by atoms with E-state index in [0.717, 1.165) is 11.8 Å². The van der Waals surface area contributed by atoms with Gasteiger partial charge in [0.2, 0.25) is 5.95 Å². The van der Waals surface area contributed by atoms with Gasteiger partial charge in [0.15, 0.2) is 11.6 Å². The number of pyridine rings is 1. The minimum atomic E-state index is -1.26. The smallest absolute Gasteiger partial charge is 0.208 e. The number of thioether (sulfide) groups is 1. The molecule has 0 aliphatic rings. The van der Waals surface area contributed by atoms with Crippen LogP contribution >= 0.6 is 11.8 Å². The van der Waals surface area contributed by atoms with Crippen molar-refractivity contribution in [1.82, 2.24) is 4.98 Å². The second-order valence-electron chi connectivity index (χ2n) is 1.98. The maximum atomic E-state index is 12.7. The zero-order valence-corrected chi connectivity index (χ0v) is 7.09. The number of aromatic nitrogens is 1. The van der Waals surface area contributed by atoms with Crippen LogP contribution in [0.1, 0.15) is 6.92 Å². The molecule has 0 aliphatic carbocycles. The van der Waals surface area contributed by atoms with Gasteiger partial charge in [0.1, 0.15) is 5.03 Å². The predicted molar refractivity (Wildman–Crippen MR) is 40.5 cm³/mol. The van der Waals surface area contributed by atoms with Crippen molar-refractivity contribution in [1.29, 1.82) is 0 Å². The van der Waals surface area contributed by atoms with Crippen LogP contribution in [0.5, 0.6) is 0 Å². The third-order valence-electron chi connectivity index (χ3n) is 1.14. The number of hydrogen-bond donors (Lipinski definition) is 0. The van der Waals surface area contributed by atoms with Gasteiger partial charge in [0, 0.05) is 6.07 Å². The van der Waals surface area contributed by atoms with Gasteiger partial charge < -0.3 is 0 Å². The molecule has 5 heteroatoms. The average Bonchev–Trinajstić information content (AvgIpc) is 2.01. The highest BCUT2D eigenvalue weighted by Crippen LogP contribution is 2.20. The van der Waals surface area contributed by atoms with E-state index in [2.05, 4.69) is 4.98 Å². The van der Waals surface area contributed by atoms with Crippen molar-refractivity contribution in [2.45, 2.75) is 11.9 Å². The zero-order chi connectivity index (χ0) is 9.14. The lowest BCUT2D eigenvalue weighted by Gasteiger charge is -1.99. The second-order valence-corrected chi connectivity index (χ2v) is 3.23. The molecule has 0 saturated heterocycles. The first-order valence-electron chi connectivity index (χ1n) is 3.29. The van der Waals surface area contributed by atoms with Crippen LogP contribution < -0.4 is 0 Å². The van der Waals surface area contributed by atoms with Crippen molar-refractivity contribution in [3.05, 3.63) is 23.6 Å². The van der Waals surface area contributed by atoms with E-state index in [-0.39, 0.29) is 5.03 Å². The van der Waals surface area contributed by atoms with Crippen LogP contribution in [0.4, 0.5) is 13.2 Å². The van der Waals surface area contributed by atoms with E-state index < -0.39 is 17.6 Å². The highest BCUT2D eigenvalue weighted by molar-refractivity contribution is 7.99. The van der Waals surface area contributed by atoms with Crippen molar-refractivity contribution >= 4 is 11.8 Å². The Morgan fingerprint density at radius 2 is 2.00 bits per heavy atom. The lowest BCUT2D eigenvalue weighted by atomic mass is 10.4. The molecule has 1 rings (SSSR count). The van der Waals surface area contributed by atoms with E-state index in [1.165, 1.54) is 0 Å². The maximum Gasteiger partial charge on any atom is 0.250 e. The van der Waals surface area contributed by atoms with Crippen molar-refractivity contribution in [2.24, 2.45) is 0 Å². The molecule has 0 fully saturated rings. The molecule has 0 atom stereocenters. The number of hydrogen-bond acceptors (Lipinski definition) is 2. The monoisotopic (exact) mass is 193 g/mol. The van der Waals surface area contributed by atoms with Crippen molar-refractivity contribution in [3.8, 4) is 0 Å². The number of nitrogens with zero attached hydrogens (tertiary/aromatic N) is 1. The quantitative estimate of drug-likeness (QED) is 0.529. The largest absolute Gasteiger partial charge is 0.250 e. The minimum absolute atomic E-state index is 0.101. The van der Waals surface area contributed by atoms with E-state index in [4.69, 9.17) is 0 Å². The van der Waals surface area contributed by atoms with Crippen LogP contribution in [0.2, 0.25) is 0 Å². The summed E-state index contributed by atoms with van der Waals surface area (Å²) in [7, 11) is 0. The molecule has 0 amide bonds. The first-order chi connectivity index (χ1) is 5.65. The lowest BCUT2D eigenvalue weighted by Crippen LogP contribution is -1.95. The summed E-state index contributed by atoms with van der Waals surface area (Å²) in [5.41, 5.74) is 0. The molecular formula is C7H6F3NS. The van der Waals surface area contributed by atoms with Gasteiger partial charge in [0.25, 0.3) is 0 Å². The Labute approximate surface area is 72.0 Å². The van der Waals surface area contributed by atoms with Crippen LogP contribution in [0.3, 0.4) is 0 Å². The van der Waals surface area contributed by atoms with Crippen LogP contribution in [-0.4, -0.2) is 10.7 Å². The maximum absolute atomic E-state index is 12.7. The molecule has 0 aliphatic heterocycles. The molecule has 1 heterocycles. The van der Waals surface area contributed by atoms with Crippen molar-refractivity contribution in [2.75, 3.05) is 5.75 Å². The summed E-state index contributed by atoms with van der Waals surface area (Å²) in [6.07, 6.45) is 0. The van der Waals surface area contributed by atoms with Crippen LogP contribution in [0.15, 0.2) is 11.1 Å². The molecule has 0 radical (unpaired) electrons. The van der Waals surface area contributed by atoms with Gasteiger partial charge in [-0.3, -0.25) is 0 Å². The van der Waals surface area contributed by atoms with Crippen LogP contribution in [0, 0.1) is 17.6 Å². The molecule has 0 unspecified atom stereocenters. The number of halogens is 3. The summed E-state index contributed by atoms with van der Waals surface area (Å²) in [4.78, 5) is 3.11. The minimum Gasteiger partial charge on any atom is -0.208 e. The highest BCUT2D eigenvalue weighted by Gasteiger charge is 2.10. The Kier molecular flexibility index (Phi) is 2.97. The summed E-state index contributed by atoms with van der Waals surface area (Å²) in [5.74, 6) is -2.77. The lowest BCUT2D eigenvalue weighted by molar-refractivity contribution is 0.448. The Hall–Kier alpha value is -0.710. The van der Waals surface area contributed by atoms with E-state index in [1.807, 2.05) is 0 Å². The van der Waals surface area contributed by atoms with Gasteiger partial charge in [-0.15, -0.1) is 11.8 Å². The van der Waals surface area contributed by atoms with Gasteiger partial charge in [-0.05, 0) is 5.75 Å². The fourth-order valence-electron chi connectivity index (χ4n) is 0.666. The first kappa shape index (κ1) is 9.38. The Morgan fingerprint density at radius 1 is 1.33 bits per heavy atom. The standard InChI is InChI=1S/C7H6F3NS/c1-2-12-7-5(9)3-4(8)6(10)11-7/h3H,2H2,1H3. The molecule has 0 saturated carbocycles. The molecule has 0 spiro atoms. The second kappa shape index (κ2) is 3.80. The molecule has 0 aromatic carbocycles. The topological polar surface area (TPSA) is 12.9 Å². The van der Waals surface area contributed by atoms with E-state index in [0.29, 0.717) is 11.8 Å². The first-order valence-corrected chi connectivity index (χ1v) is 4.28. The van der Waals surface area contributed by atoms with Gasteiger partial charge in [0.05, 0.1) is 0 Å². The normalized spacial score (nSPS) is 10.3. The van der Waals surface area contributed by atoms with Crippen LogP contribution in [-0.2, 0) is 0 Å². The van der Waals surface area contributed by atoms with Gasteiger partial charge in [-0.2, -0.15) is 4.39 Å². The molecule has 0 bridgehead atoms. The van der Waals surface area contributed by atoms with Crippen molar-refractivity contribution < 1.29 is 13.2 Å².